The van der Waals surface area contributed by atoms with Crippen LogP contribution in [0.15, 0.2) is 52.9 Å². The van der Waals surface area contributed by atoms with Crippen LogP contribution >= 0.6 is 12.6 Å². The van der Waals surface area contributed by atoms with E-state index in [9.17, 15) is 4.79 Å². The van der Waals surface area contributed by atoms with Crippen LogP contribution in [0.5, 0.6) is 0 Å². The van der Waals surface area contributed by atoms with Crippen molar-refractivity contribution in [3.8, 4) is 11.1 Å². The first-order valence-corrected chi connectivity index (χ1v) is 6.53. The summed E-state index contributed by atoms with van der Waals surface area (Å²) in [6, 6.07) is 13.5. The smallest absolute Gasteiger partial charge is 0.331 e. The highest BCUT2D eigenvalue weighted by atomic mass is 32.1. The van der Waals surface area contributed by atoms with Crippen LogP contribution < -0.4 is 5.73 Å². The Hall–Kier alpha value is -2.20. The molecule has 2 rings (SSSR count). The molecule has 0 fully saturated rings. The number of carboxylic acid groups (broad SMARTS) is 1. The monoisotopic (exact) mass is 285 g/mol. The molecule has 0 unspecified atom stereocenters. The molecule has 20 heavy (non-hydrogen) atoms. The first-order valence-electron chi connectivity index (χ1n) is 6.08. The third-order valence-corrected chi connectivity index (χ3v) is 3.50. The van der Waals surface area contributed by atoms with Crippen molar-refractivity contribution in [2.75, 3.05) is 5.73 Å². The van der Waals surface area contributed by atoms with E-state index in [0.29, 0.717) is 16.1 Å². The molecule has 0 aliphatic rings. The number of hydrogen-bond donors (Lipinski definition) is 3. The fourth-order valence-corrected chi connectivity index (χ4v) is 2.08. The largest absolute Gasteiger partial charge is 0.478 e. The number of rotatable bonds is 3. The van der Waals surface area contributed by atoms with E-state index in [1.807, 2.05) is 42.5 Å². The van der Waals surface area contributed by atoms with E-state index in [0.717, 1.165) is 11.1 Å². The van der Waals surface area contributed by atoms with E-state index in [1.165, 1.54) is 0 Å². The highest BCUT2D eigenvalue weighted by Crippen LogP contribution is 2.30. The van der Waals surface area contributed by atoms with E-state index < -0.39 is 5.97 Å². The number of benzene rings is 2. The van der Waals surface area contributed by atoms with Crippen molar-refractivity contribution in [1.82, 2.24) is 0 Å². The SMILES string of the molecule is CC(=Cc1cc(-c2ccccc2)cc(N)c1S)C(=O)O. The lowest BCUT2D eigenvalue weighted by Crippen LogP contribution is -1.97. The lowest BCUT2D eigenvalue weighted by molar-refractivity contribution is -0.132. The Morgan fingerprint density at radius 3 is 2.45 bits per heavy atom. The topological polar surface area (TPSA) is 63.3 Å². The second-order valence-electron chi connectivity index (χ2n) is 4.50. The average Bonchev–Trinajstić information content (AvgIpc) is 2.44. The third-order valence-electron chi connectivity index (χ3n) is 2.99. The predicted molar refractivity (Wildman–Crippen MR) is 84.8 cm³/mol. The quantitative estimate of drug-likeness (QED) is 0.457. The zero-order valence-corrected chi connectivity index (χ0v) is 11.9. The van der Waals surface area contributed by atoms with Crippen LogP contribution in [-0.2, 0) is 4.79 Å². The Morgan fingerprint density at radius 1 is 1.20 bits per heavy atom. The number of nitrogens with two attached hydrogens (primary N) is 1. The summed E-state index contributed by atoms with van der Waals surface area (Å²) in [5.41, 5.74) is 9.38. The molecule has 2 aromatic carbocycles. The summed E-state index contributed by atoms with van der Waals surface area (Å²) in [6.07, 6.45) is 1.58. The molecule has 0 bridgehead atoms. The molecule has 2 aromatic rings. The minimum atomic E-state index is -0.957. The summed E-state index contributed by atoms with van der Waals surface area (Å²) in [4.78, 5) is 11.5. The van der Waals surface area contributed by atoms with Gasteiger partial charge in [0.15, 0.2) is 0 Å². The maximum absolute atomic E-state index is 10.9. The van der Waals surface area contributed by atoms with Crippen molar-refractivity contribution >= 4 is 30.4 Å². The van der Waals surface area contributed by atoms with Gasteiger partial charge in [-0.1, -0.05) is 30.3 Å². The predicted octanol–water partition coefficient (Wildman–Crippen LogP) is 3.71. The number of carbonyl (C=O) groups is 1. The van der Waals surface area contributed by atoms with Gasteiger partial charge in [-0.05, 0) is 41.8 Å². The molecule has 0 aliphatic heterocycles. The second-order valence-corrected chi connectivity index (χ2v) is 4.95. The normalized spacial score (nSPS) is 11.4. The molecule has 3 nitrogen and oxygen atoms in total. The number of carboxylic acids is 1. The van der Waals surface area contributed by atoms with Gasteiger partial charge in [-0.15, -0.1) is 12.6 Å². The minimum Gasteiger partial charge on any atom is -0.478 e. The van der Waals surface area contributed by atoms with Crippen LogP contribution in [0.1, 0.15) is 12.5 Å². The fraction of sp³-hybridized carbons (Fsp3) is 0.0625. The van der Waals surface area contributed by atoms with Gasteiger partial charge in [0.2, 0.25) is 0 Å². The molecular formula is C16H15NO2S. The highest BCUT2D eigenvalue weighted by Gasteiger charge is 2.08. The van der Waals surface area contributed by atoms with Gasteiger partial charge in [-0.25, -0.2) is 4.79 Å². The van der Waals surface area contributed by atoms with E-state index in [2.05, 4.69) is 12.6 Å². The summed E-state index contributed by atoms with van der Waals surface area (Å²) < 4.78 is 0. The zero-order chi connectivity index (χ0) is 14.7. The number of anilines is 1. The molecule has 0 saturated heterocycles. The Bertz CT molecular complexity index is 678. The highest BCUT2D eigenvalue weighted by molar-refractivity contribution is 7.80. The number of aliphatic carboxylic acids is 1. The molecule has 0 aromatic heterocycles. The Labute approximate surface area is 123 Å². The van der Waals surface area contributed by atoms with Crippen molar-refractivity contribution in [1.29, 1.82) is 0 Å². The third kappa shape index (κ3) is 3.03. The number of nitrogen functional groups attached to an aromatic ring is 1. The van der Waals surface area contributed by atoms with E-state index in [-0.39, 0.29) is 5.57 Å². The van der Waals surface area contributed by atoms with Crippen LogP contribution in [0.25, 0.3) is 17.2 Å². The van der Waals surface area contributed by atoms with Gasteiger partial charge in [0, 0.05) is 16.2 Å². The summed E-state index contributed by atoms with van der Waals surface area (Å²) in [6.45, 7) is 1.54. The van der Waals surface area contributed by atoms with Gasteiger partial charge >= 0.3 is 5.97 Å². The molecule has 0 atom stereocenters. The Morgan fingerprint density at radius 2 is 1.85 bits per heavy atom. The summed E-state index contributed by atoms with van der Waals surface area (Å²) in [5, 5.41) is 8.97. The van der Waals surface area contributed by atoms with Crippen molar-refractivity contribution < 1.29 is 9.90 Å². The maximum Gasteiger partial charge on any atom is 0.331 e. The van der Waals surface area contributed by atoms with Crippen LogP contribution in [0.3, 0.4) is 0 Å². The molecule has 3 N–H and O–H groups in total. The van der Waals surface area contributed by atoms with Crippen molar-refractivity contribution in [2.45, 2.75) is 11.8 Å². The lowest BCUT2D eigenvalue weighted by atomic mass is 10.0. The van der Waals surface area contributed by atoms with Crippen LogP contribution in [0, 0.1) is 0 Å². The van der Waals surface area contributed by atoms with Crippen molar-refractivity contribution in [2.24, 2.45) is 0 Å². The Kier molecular flexibility index (Phi) is 4.15. The molecule has 0 heterocycles. The Balaban J connectivity index is 2.56. The molecule has 0 spiro atoms. The van der Waals surface area contributed by atoms with Crippen LogP contribution in [-0.4, -0.2) is 11.1 Å². The van der Waals surface area contributed by atoms with Gasteiger partial charge in [-0.2, -0.15) is 0 Å². The average molecular weight is 285 g/mol. The molecule has 4 heteroatoms. The first-order chi connectivity index (χ1) is 9.49. The molecule has 102 valence electrons. The summed E-state index contributed by atoms with van der Waals surface area (Å²) >= 11 is 4.35. The maximum atomic E-state index is 10.9. The molecule has 0 aliphatic carbocycles. The number of thiol groups is 1. The van der Waals surface area contributed by atoms with Crippen LogP contribution in [0.4, 0.5) is 5.69 Å². The molecule has 0 saturated carbocycles. The summed E-state index contributed by atoms with van der Waals surface area (Å²) in [7, 11) is 0. The zero-order valence-electron chi connectivity index (χ0n) is 11.0. The van der Waals surface area contributed by atoms with E-state index in [1.54, 1.807) is 13.0 Å². The van der Waals surface area contributed by atoms with Crippen molar-refractivity contribution in [3.63, 3.8) is 0 Å². The van der Waals surface area contributed by atoms with Gasteiger partial charge < -0.3 is 10.8 Å². The molecule has 0 amide bonds. The van der Waals surface area contributed by atoms with Crippen LogP contribution in [0.2, 0.25) is 0 Å². The fourth-order valence-electron chi connectivity index (χ4n) is 1.88. The second kappa shape index (κ2) is 5.84. The van der Waals surface area contributed by atoms with Gasteiger partial charge in [0.1, 0.15) is 0 Å². The van der Waals surface area contributed by atoms with E-state index >= 15 is 0 Å². The minimum absolute atomic E-state index is 0.241. The standard InChI is InChI=1S/C16H15NO2S/c1-10(16(18)19)7-13-8-12(9-14(17)15(13)20)11-5-3-2-4-6-11/h2-9,20H,17H2,1H3,(H,18,19). The van der Waals surface area contributed by atoms with Gasteiger partial charge in [0.05, 0.1) is 0 Å². The number of hydrogen-bond acceptors (Lipinski definition) is 3. The van der Waals surface area contributed by atoms with Gasteiger partial charge in [0.25, 0.3) is 0 Å². The van der Waals surface area contributed by atoms with Crippen molar-refractivity contribution in [3.05, 3.63) is 53.6 Å². The molecule has 0 radical (unpaired) electrons. The summed E-state index contributed by atoms with van der Waals surface area (Å²) in [5.74, 6) is -0.957. The lowest BCUT2D eigenvalue weighted by Gasteiger charge is -2.09. The van der Waals surface area contributed by atoms with Gasteiger partial charge in [-0.3, -0.25) is 0 Å². The van der Waals surface area contributed by atoms with E-state index in [4.69, 9.17) is 10.8 Å². The molecular weight excluding hydrogens is 270 g/mol. The first kappa shape index (κ1) is 14.2.